The summed E-state index contributed by atoms with van der Waals surface area (Å²) in [5.41, 5.74) is 3.26. The van der Waals surface area contributed by atoms with E-state index < -0.39 is 13.6 Å². The van der Waals surface area contributed by atoms with Crippen molar-refractivity contribution >= 4 is 13.6 Å². The average Bonchev–Trinajstić information content (AvgIpc) is 2.60. The SMILES string of the molecule is CCc1cc(CC)c(C(=O)[P+](=O)Oc2ccccc2)c(CC)c1. The molecule has 1 unspecified atom stereocenters. The summed E-state index contributed by atoms with van der Waals surface area (Å²) >= 11 is 0. The highest BCUT2D eigenvalue weighted by molar-refractivity contribution is 7.60. The third kappa shape index (κ3) is 4.05. The lowest BCUT2D eigenvalue weighted by Crippen LogP contribution is -2.07. The maximum absolute atomic E-state index is 12.7. The van der Waals surface area contributed by atoms with Crippen molar-refractivity contribution in [3.63, 3.8) is 0 Å². The Morgan fingerprint density at radius 1 is 0.957 bits per heavy atom. The fourth-order valence-electron chi connectivity index (χ4n) is 2.59. The van der Waals surface area contributed by atoms with E-state index in [-0.39, 0.29) is 0 Å². The third-order valence-electron chi connectivity index (χ3n) is 3.84. The smallest absolute Gasteiger partial charge is 0.248 e. The Balaban J connectivity index is 2.36. The van der Waals surface area contributed by atoms with Gasteiger partial charge >= 0.3 is 13.6 Å². The molecule has 4 heteroatoms. The van der Waals surface area contributed by atoms with Crippen LogP contribution < -0.4 is 4.52 Å². The van der Waals surface area contributed by atoms with Gasteiger partial charge in [0.25, 0.3) is 0 Å². The van der Waals surface area contributed by atoms with Crippen LogP contribution in [0.4, 0.5) is 0 Å². The van der Waals surface area contributed by atoms with Gasteiger partial charge in [0.2, 0.25) is 0 Å². The van der Waals surface area contributed by atoms with Crippen molar-refractivity contribution in [1.29, 1.82) is 0 Å². The predicted octanol–water partition coefficient (Wildman–Crippen LogP) is 5.34. The first kappa shape index (κ1) is 17.4. The molecule has 0 aliphatic heterocycles. The van der Waals surface area contributed by atoms with E-state index in [1.165, 1.54) is 5.56 Å². The maximum Gasteiger partial charge on any atom is 0.641 e. The van der Waals surface area contributed by atoms with Crippen molar-refractivity contribution in [2.45, 2.75) is 40.0 Å². The van der Waals surface area contributed by atoms with Crippen molar-refractivity contribution < 1.29 is 13.9 Å². The minimum absolute atomic E-state index is 0.416. The van der Waals surface area contributed by atoms with Gasteiger partial charge in [-0.2, -0.15) is 0 Å². The number of hydrogen-bond donors (Lipinski definition) is 0. The van der Waals surface area contributed by atoms with Gasteiger partial charge in [-0.1, -0.05) is 51.1 Å². The van der Waals surface area contributed by atoms with Crippen LogP contribution >= 0.6 is 8.03 Å². The maximum atomic E-state index is 12.7. The molecular formula is C19H22O3P+. The summed E-state index contributed by atoms with van der Waals surface area (Å²) in [6, 6.07) is 12.9. The molecule has 0 spiro atoms. The van der Waals surface area contributed by atoms with Gasteiger partial charge in [0.05, 0.1) is 5.56 Å². The van der Waals surface area contributed by atoms with Gasteiger partial charge in [0.1, 0.15) is 0 Å². The summed E-state index contributed by atoms with van der Waals surface area (Å²) in [4.78, 5) is 12.7. The zero-order valence-corrected chi connectivity index (χ0v) is 14.7. The van der Waals surface area contributed by atoms with Crippen molar-refractivity contribution in [3.8, 4) is 5.75 Å². The Kier molecular flexibility index (Phi) is 6.06. The fraction of sp³-hybridized carbons (Fsp3) is 0.316. The lowest BCUT2D eigenvalue weighted by molar-refractivity contribution is 0.106. The van der Waals surface area contributed by atoms with Crippen LogP contribution in [0.2, 0.25) is 0 Å². The highest BCUT2D eigenvalue weighted by atomic mass is 31.1. The predicted molar refractivity (Wildman–Crippen MR) is 93.6 cm³/mol. The van der Waals surface area contributed by atoms with Crippen LogP contribution in [0.15, 0.2) is 42.5 Å². The van der Waals surface area contributed by atoms with Crippen LogP contribution in [0.3, 0.4) is 0 Å². The molecule has 2 aromatic carbocycles. The van der Waals surface area contributed by atoms with Gasteiger partial charge in [-0.15, -0.1) is 0 Å². The molecule has 23 heavy (non-hydrogen) atoms. The monoisotopic (exact) mass is 329 g/mol. The first-order valence-corrected chi connectivity index (χ1v) is 9.17. The van der Waals surface area contributed by atoms with Crippen molar-refractivity contribution in [1.82, 2.24) is 0 Å². The normalized spacial score (nSPS) is 11.2. The zero-order chi connectivity index (χ0) is 16.8. The first-order chi connectivity index (χ1) is 11.1. The largest absolute Gasteiger partial charge is 0.641 e. The molecule has 0 bridgehead atoms. The molecule has 2 aromatic rings. The van der Waals surface area contributed by atoms with E-state index in [4.69, 9.17) is 4.52 Å². The second-order valence-corrected chi connectivity index (χ2v) is 6.42. The molecule has 0 heterocycles. The highest BCUT2D eigenvalue weighted by Gasteiger charge is 2.37. The zero-order valence-electron chi connectivity index (χ0n) is 13.8. The Labute approximate surface area is 138 Å². The van der Waals surface area contributed by atoms with Crippen LogP contribution in [0.1, 0.15) is 47.8 Å². The van der Waals surface area contributed by atoms with E-state index in [1.807, 2.05) is 32.0 Å². The molecule has 0 saturated heterocycles. The summed E-state index contributed by atoms with van der Waals surface area (Å²) < 4.78 is 17.7. The van der Waals surface area contributed by atoms with E-state index in [0.29, 0.717) is 11.3 Å². The van der Waals surface area contributed by atoms with E-state index in [0.717, 1.165) is 30.4 Å². The molecular weight excluding hydrogens is 307 g/mol. The van der Waals surface area contributed by atoms with E-state index in [1.54, 1.807) is 24.3 Å². The van der Waals surface area contributed by atoms with Crippen LogP contribution in [-0.4, -0.2) is 5.52 Å². The highest BCUT2D eigenvalue weighted by Crippen LogP contribution is 2.34. The van der Waals surface area contributed by atoms with Crippen molar-refractivity contribution in [2.75, 3.05) is 0 Å². The van der Waals surface area contributed by atoms with Crippen molar-refractivity contribution in [2.24, 2.45) is 0 Å². The fourth-order valence-corrected chi connectivity index (χ4v) is 3.45. The Bertz CT molecular complexity index is 683. The van der Waals surface area contributed by atoms with Crippen molar-refractivity contribution in [3.05, 3.63) is 64.7 Å². The standard InChI is InChI=1S/C19H22O3P/c1-4-14-12-15(5-2)18(16(6-3)13-14)19(20)23(21)22-17-10-8-7-9-11-17/h7-13H,4-6H2,1-3H3/q+1. The lowest BCUT2D eigenvalue weighted by Gasteiger charge is -2.10. The molecule has 1 atom stereocenters. The van der Waals surface area contributed by atoms with Crippen LogP contribution in [0.5, 0.6) is 5.75 Å². The molecule has 0 saturated carbocycles. The molecule has 3 nitrogen and oxygen atoms in total. The molecule has 0 amide bonds. The second kappa shape index (κ2) is 8.03. The molecule has 0 aromatic heterocycles. The van der Waals surface area contributed by atoms with E-state index >= 15 is 0 Å². The average molecular weight is 329 g/mol. The Morgan fingerprint density at radius 3 is 2.00 bits per heavy atom. The van der Waals surface area contributed by atoms with Gasteiger partial charge in [-0.25, -0.2) is 9.32 Å². The molecule has 0 aliphatic carbocycles. The van der Waals surface area contributed by atoms with Gasteiger partial charge in [0, 0.05) is 0 Å². The quantitative estimate of drug-likeness (QED) is 0.644. The minimum atomic E-state index is -2.44. The van der Waals surface area contributed by atoms with Gasteiger partial charge in [-0.3, -0.25) is 0 Å². The number of carbonyl (C=O) groups is 1. The molecule has 0 N–H and O–H groups in total. The number of carbonyl (C=O) groups excluding carboxylic acids is 1. The van der Waals surface area contributed by atoms with E-state index in [2.05, 4.69) is 6.92 Å². The van der Waals surface area contributed by atoms with Gasteiger partial charge in [-0.05, 0) is 52.7 Å². The number of benzene rings is 2. The Morgan fingerprint density at radius 2 is 1.52 bits per heavy atom. The van der Waals surface area contributed by atoms with Crippen LogP contribution in [0.25, 0.3) is 0 Å². The van der Waals surface area contributed by atoms with E-state index in [9.17, 15) is 9.36 Å². The summed E-state index contributed by atoms with van der Waals surface area (Å²) in [6.07, 6.45) is 2.38. The Hall–Kier alpha value is -1.99. The van der Waals surface area contributed by atoms with Crippen LogP contribution in [0, 0.1) is 0 Å². The second-order valence-electron chi connectivity index (χ2n) is 5.32. The lowest BCUT2D eigenvalue weighted by atomic mass is 9.94. The summed E-state index contributed by atoms with van der Waals surface area (Å²) in [5.74, 6) is 0.447. The molecule has 0 aliphatic rings. The van der Waals surface area contributed by atoms with Crippen LogP contribution in [-0.2, 0) is 23.8 Å². The molecule has 0 radical (unpaired) electrons. The van der Waals surface area contributed by atoms with Gasteiger partial charge in [0.15, 0.2) is 5.75 Å². The number of hydrogen-bond acceptors (Lipinski definition) is 3. The number of para-hydroxylation sites is 1. The number of rotatable bonds is 7. The minimum Gasteiger partial charge on any atom is -0.248 e. The number of aryl methyl sites for hydroxylation is 3. The topological polar surface area (TPSA) is 43.4 Å². The van der Waals surface area contributed by atoms with Gasteiger partial charge < -0.3 is 0 Å². The first-order valence-electron chi connectivity index (χ1n) is 7.99. The third-order valence-corrected chi connectivity index (χ3v) is 4.77. The summed E-state index contributed by atoms with van der Waals surface area (Å²) in [6.45, 7) is 6.11. The molecule has 120 valence electrons. The molecule has 2 rings (SSSR count). The summed E-state index contributed by atoms with van der Waals surface area (Å²) in [7, 11) is -2.44. The molecule has 0 fully saturated rings. The summed E-state index contributed by atoms with van der Waals surface area (Å²) in [5, 5.41) is 0.